The fourth-order valence-corrected chi connectivity index (χ4v) is 2.67. The van der Waals surface area contributed by atoms with Crippen LogP contribution in [0.15, 0.2) is 0 Å². The van der Waals surface area contributed by atoms with Crippen molar-refractivity contribution in [2.24, 2.45) is 5.73 Å². The van der Waals surface area contributed by atoms with Crippen LogP contribution in [-0.2, 0) is 13.0 Å². The smallest absolute Gasteiger partial charge is 0.132 e. The molecule has 0 radical (unpaired) electrons. The van der Waals surface area contributed by atoms with E-state index in [0.29, 0.717) is 12.5 Å². The zero-order chi connectivity index (χ0) is 11.5. The maximum Gasteiger partial charge on any atom is 0.132 e. The highest BCUT2D eigenvalue weighted by Crippen LogP contribution is 2.32. The second-order valence-corrected chi connectivity index (χ2v) is 4.63. The van der Waals surface area contributed by atoms with Gasteiger partial charge in [0.05, 0.1) is 5.69 Å². The van der Waals surface area contributed by atoms with Crippen molar-refractivity contribution in [1.29, 1.82) is 0 Å². The second-order valence-electron chi connectivity index (χ2n) is 4.63. The molecule has 1 aliphatic carbocycles. The standard InChI is InChI=1S/C13H21N3/c1-3-11-9(2)15-13(16-12(11)8-14)10-6-4-5-7-10/h10H,3-8,14H2,1-2H3. The average Bonchev–Trinajstić information content (AvgIpc) is 2.81. The molecule has 1 aliphatic rings. The molecule has 0 aliphatic heterocycles. The normalized spacial score (nSPS) is 16.9. The van der Waals surface area contributed by atoms with E-state index in [1.54, 1.807) is 0 Å². The van der Waals surface area contributed by atoms with Gasteiger partial charge in [-0.25, -0.2) is 9.97 Å². The van der Waals surface area contributed by atoms with E-state index in [9.17, 15) is 0 Å². The number of hydrogen-bond donors (Lipinski definition) is 1. The van der Waals surface area contributed by atoms with Crippen LogP contribution in [0.2, 0.25) is 0 Å². The average molecular weight is 219 g/mol. The summed E-state index contributed by atoms with van der Waals surface area (Å²) in [6.07, 6.45) is 6.11. The van der Waals surface area contributed by atoms with Crippen LogP contribution < -0.4 is 5.73 Å². The molecule has 0 spiro atoms. The minimum atomic E-state index is 0.534. The Morgan fingerprint density at radius 2 is 1.94 bits per heavy atom. The molecular weight excluding hydrogens is 198 g/mol. The highest BCUT2D eigenvalue weighted by Gasteiger charge is 2.21. The molecule has 3 nitrogen and oxygen atoms in total. The van der Waals surface area contributed by atoms with Gasteiger partial charge in [-0.3, -0.25) is 0 Å². The lowest BCUT2D eigenvalue weighted by molar-refractivity contribution is 0.651. The lowest BCUT2D eigenvalue weighted by Crippen LogP contribution is -2.12. The predicted molar refractivity (Wildman–Crippen MR) is 65.2 cm³/mol. The Hall–Kier alpha value is -0.960. The van der Waals surface area contributed by atoms with Gasteiger partial charge in [-0.2, -0.15) is 0 Å². The summed E-state index contributed by atoms with van der Waals surface area (Å²) >= 11 is 0. The highest BCUT2D eigenvalue weighted by atomic mass is 14.9. The molecule has 0 unspecified atom stereocenters. The van der Waals surface area contributed by atoms with Crippen LogP contribution in [0.25, 0.3) is 0 Å². The zero-order valence-electron chi connectivity index (χ0n) is 10.3. The Bertz CT molecular complexity index is 368. The van der Waals surface area contributed by atoms with E-state index in [2.05, 4.69) is 23.8 Å². The highest BCUT2D eigenvalue weighted by molar-refractivity contribution is 5.26. The summed E-state index contributed by atoms with van der Waals surface area (Å²) in [5, 5.41) is 0. The summed E-state index contributed by atoms with van der Waals surface area (Å²) in [7, 11) is 0. The molecule has 1 fully saturated rings. The van der Waals surface area contributed by atoms with Crippen LogP contribution in [0.1, 0.15) is 61.3 Å². The number of rotatable bonds is 3. The first kappa shape index (κ1) is 11.5. The Labute approximate surface area is 97.5 Å². The van der Waals surface area contributed by atoms with Crippen LogP contribution in [0.5, 0.6) is 0 Å². The molecule has 3 heteroatoms. The van der Waals surface area contributed by atoms with E-state index in [0.717, 1.165) is 23.6 Å². The molecule has 2 N–H and O–H groups in total. The van der Waals surface area contributed by atoms with Crippen LogP contribution >= 0.6 is 0 Å². The van der Waals surface area contributed by atoms with Crippen molar-refractivity contribution in [2.45, 2.75) is 58.4 Å². The van der Waals surface area contributed by atoms with Crippen LogP contribution in [0.4, 0.5) is 0 Å². The van der Waals surface area contributed by atoms with E-state index in [4.69, 9.17) is 5.73 Å². The second kappa shape index (κ2) is 4.91. The molecule has 88 valence electrons. The zero-order valence-corrected chi connectivity index (χ0v) is 10.3. The third-order valence-electron chi connectivity index (χ3n) is 3.58. The Kier molecular flexibility index (Phi) is 3.54. The molecule has 0 saturated heterocycles. The molecule has 0 aromatic carbocycles. The molecule has 1 aromatic heterocycles. The fourth-order valence-electron chi connectivity index (χ4n) is 2.67. The molecule has 0 bridgehead atoms. The molecule has 0 atom stereocenters. The third-order valence-corrected chi connectivity index (χ3v) is 3.58. The fraction of sp³-hybridized carbons (Fsp3) is 0.692. The van der Waals surface area contributed by atoms with E-state index in [1.807, 2.05) is 0 Å². The molecule has 1 heterocycles. The molecule has 16 heavy (non-hydrogen) atoms. The number of nitrogens with two attached hydrogens (primary N) is 1. The molecule has 1 saturated carbocycles. The lowest BCUT2D eigenvalue weighted by atomic mass is 10.0. The van der Waals surface area contributed by atoms with Crippen molar-refractivity contribution in [3.05, 3.63) is 22.8 Å². The van der Waals surface area contributed by atoms with Crippen molar-refractivity contribution >= 4 is 0 Å². The lowest BCUT2D eigenvalue weighted by Gasteiger charge is -2.14. The van der Waals surface area contributed by atoms with Crippen molar-refractivity contribution in [2.75, 3.05) is 0 Å². The SMILES string of the molecule is CCc1c(C)nc(C2CCCC2)nc1CN. The Morgan fingerprint density at radius 3 is 2.50 bits per heavy atom. The van der Waals surface area contributed by atoms with Crippen molar-refractivity contribution in [3.8, 4) is 0 Å². The maximum atomic E-state index is 5.77. The van der Waals surface area contributed by atoms with Gasteiger partial charge in [0.1, 0.15) is 5.82 Å². The number of nitrogens with zero attached hydrogens (tertiary/aromatic N) is 2. The van der Waals surface area contributed by atoms with E-state index < -0.39 is 0 Å². The minimum Gasteiger partial charge on any atom is -0.325 e. The van der Waals surface area contributed by atoms with Crippen molar-refractivity contribution in [3.63, 3.8) is 0 Å². The van der Waals surface area contributed by atoms with Crippen molar-refractivity contribution < 1.29 is 0 Å². The summed E-state index contributed by atoms with van der Waals surface area (Å²) in [4.78, 5) is 9.34. The van der Waals surface area contributed by atoms with E-state index in [-0.39, 0.29) is 0 Å². The molecule has 0 amide bonds. The van der Waals surface area contributed by atoms with Crippen molar-refractivity contribution in [1.82, 2.24) is 9.97 Å². The minimum absolute atomic E-state index is 0.534. The number of aromatic nitrogens is 2. The summed E-state index contributed by atoms with van der Waals surface area (Å²) in [6, 6.07) is 0. The molecule has 2 rings (SSSR count). The maximum absolute atomic E-state index is 5.77. The summed E-state index contributed by atoms with van der Waals surface area (Å²) in [5.41, 5.74) is 9.19. The first-order chi connectivity index (χ1) is 7.76. The van der Waals surface area contributed by atoms with Gasteiger partial charge in [-0.05, 0) is 31.7 Å². The van der Waals surface area contributed by atoms with E-state index in [1.165, 1.54) is 31.2 Å². The van der Waals surface area contributed by atoms with Gasteiger partial charge < -0.3 is 5.73 Å². The first-order valence-electron chi connectivity index (χ1n) is 6.32. The number of aryl methyl sites for hydroxylation is 1. The number of hydrogen-bond acceptors (Lipinski definition) is 3. The third kappa shape index (κ3) is 2.09. The van der Waals surface area contributed by atoms with Gasteiger partial charge in [0.25, 0.3) is 0 Å². The van der Waals surface area contributed by atoms with Gasteiger partial charge in [-0.15, -0.1) is 0 Å². The summed E-state index contributed by atoms with van der Waals surface area (Å²) < 4.78 is 0. The predicted octanol–water partition coefficient (Wildman–Crippen LogP) is 2.46. The molecule has 1 aromatic rings. The van der Waals surface area contributed by atoms with Gasteiger partial charge in [0.15, 0.2) is 0 Å². The van der Waals surface area contributed by atoms with Crippen LogP contribution in [0, 0.1) is 6.92 Å². The summed E-state index contributed by atoms with van der Waals surface area (Å²) in [5.74, 6) is 1.61. The van der Waals surface area contributed by atoms with Gasteiger partial charge >= 0.3 is 0 Å². The monoisotopic (exact) mass is 219 g/mol. The van der Waals surface area contributed by atoms with Gasteiger partial charge in [0.2, 0.25) is 0 Å². The topological polar surface area (TPSA) is 51.8 Å². The molecular formula is C13H21N3. The summed E-state index contributed by atoms with van der Waals surface area (Å²) in [6.45, 7) is 4.75. The van der Waals surface area contributed by atoms with E-state index >= 15 is 0 Å². The first-order valence-corrected chi connectivity index (χ1v) is 6.32. The Balaban J connectivity index is 2.36. The quantitative estimate of drug-likeness (QED) is 0.849. The van der Waals surface area contributed by atoms with Gasteiger partial charge in [0, 0.05) is 18.2 Å². The largest absolute Gasteiger partial charge is 0.325 e. The van der Waals surface area contributed by atoms with Gasteiger partial charge in [-0.1, -0.05) is 19.8 Å². The van der Waals surface area contributed by atoms with Crippen LogP contribution in [-0.4, -0.2) is 9.97 Å². The van der Waals surface area contributed by atoms with Crippen LogP contribution in [0.3, 0.4) is 0 Å². The Morgan fingerprint density at radius 1 is 1.25 bits per heavy atom.